The minimum absolute atomic E-state index is 0.0953. The van der Waals surface area contributed by atoms with Crippen molar-refractivity contribution in [3.05, 3.63) is 51.6 Å². The number of rotatable bonds is 2. The number of nitrogens with zero attached hydrogens (tertiary/aromatic N) is 3. The van der Waals surface area contributed by atoms with Gasteiger partial charge in [-0.1, -0.05) is 23.2 Å². The summed E-state index contributed by atoms with van der Waals surface area (Å²) in [5.41, 5.74) is -0.809. The van der Waals surface area contributed by atoms with Gasteiger partial charge in [0.1, 0.15) is 11.6 Å². The molecule has 1 fully saturated rings. The van der Waals surface area contributed by atoms with Crippen LogP contribution in [0.5, 0.6) is 5.75 Å². The molecule has 1 amide bonds. The Morgan fingerprint density at radius 1 is 1.11 bits per heavy atom. The molecule has 2 aromatic rings. The highest BCUT2D eigenvalue weighted by Gasteiger charge is 2.32. The summed E-state index contributed by atoms with van der Waals surface area (Å²) in [6.45, 7) is 1.53. The maximum atomic E-state index is 12.8. The number of pyridine rings is 1. The van der Waals surface area contributed by atoms with Crippen LogP contribution in [0.2, 0.25) is 10.0 Å². The molecule has 0 radical (unpaired) electrons. The number of hydrogen-bond donors (Lipinski definition) is 1. The molecule has 1 saturated heterocycles. The Labute approximate surface area is 169 Å². The zero-order valence-corrected chi connectivity index (χ0v) is 16.0. The lowest BCUT2D eigenvalue weighted by Gasteiger charge is -2.24. The Balaban J connectivity index is 1.75. The number of anilines is 1. The second kappa shape index (κ2) is 8.05. The van der Waals surface area contributed by atoms with E-state index in [-0.39, 0.29) is 28.1 Å². The number of benzene rings is 1. The Morgan fingerprint density at radius 2 is 1.86 bits per heavy atom. The molecule has 1 aromatic carbocycles. The average Bonchev–Trinajstić information content (AvgIpc) is 2.88. The van der Waals surface area contributed by atoms with Gasteiger partial charge in [0.05, 0.1) is 16.1 Å². The van der Waals surface area contributed by atoms with Gasteiger partial charge in [0, 0.05) is 37.4 Å². The van der Waals surface area contributed by atoms with Gasteiger partial charge in [0.15, 0.2) is 0 Å². The quantitative estimate of drug-likeness (QED) is 0.758. The van der Waals surface area contributed by atoms with Crippen LogP contribution in [-0.2, 0) is 6.18 Å². The number of hydrogen-bond acceptors (Lipinski definition) is 4. The molecule has 3 rings (SSSR count). The minimum Gasteiger partial charge on any atom is -0.507 e. The summed E-state index contributed by atoms with van der Waals surface area (Å²) >= 11 is 11.9. The van der Waals surface area contributed by atoms with Crippen molar-refractivity contribution < 1.29 is 23.1 Å². The summed E-state index contributed by atoms with van der Waals surface area (Å²) in [6, 6.07) is 5.08. The number of aromatic nitrogens is 1. The number of carbonyl (C=O) groups excluding carboxylic acids is 1. The second-order valence-electron chi connectivity index (χ2n) is 6.32. The van der Waals surface area contributed by atoms with Crippen LogP contribution in [0.15, 0.2) is 30.5 Å². The summed E-state index contributed by atoms with van der Waals surface area (Å²) in [4.78, 5) is 19.9. The summed E-state index contributed by atoms with van der Waals surface area (Å²) < 4.78 is 38.3. The van der Waals surface area contributed by atoms with E-state index in [2.05, 4.69) is 4.98 Å². The molecule has 1 aliphatic heterocycles. The highest BCUT2D eigenvalue weighted by molar-refractivity contribution is 6.33. The summed E-state index contributed by atoms with van der Waals surface area (Å²) in [6.07, 6.45) is -3.21. The topological polar surface area (TPSA) is 56.7 Å². The Morgan fingerprint density at radius 3 is 2.54 bits per heavy atom. The maximum Gasteiger partial charge on any atom is 0.417 e. The van der Waals surface area contributed by atoms with E-state index in [9.17, 15) is 23.1 Å². The number of phenols is 1. The maximum absolute atomic E-state index is 12.8. The van der Waals surface area contributed by atoms with E-state index < -0.39 is 11.7 Å². The van der Waals surface area contributed by atoms with Crippen LogP contribution in [0.25, 0.3) is 0 Å². The molecule has 1 aromatic heterocycles. The summed E-state index contributed by atoms with van der Waals surface area (Å²) in [5.74, 6) is -0.286. The van der Waals surface area contributed by atoms with Crippen LogP contribution in [0.1, 0.15) is 22.3 Å². The van der Waals surface area contributed by atoms with E-state index in [1.54, 1.807) is 9.80 Å². The first-order valence-electron chi connectivity index (χ1n) is 8.42. The van der Waals surface area contributed by atoms with Crippen molar-refractivity contribution in [1.82, 2.24) is 9.88 Å². The third-order valence-electron chi connectivity index (χ3n) is 4.42. The van der Waals surface area contributed by atoms with Gasteiger partial charge in [0.2, 0.25) is 0 Å². The van der Waals surface area contributed by atoms with Crippen molar-refractivity contribution in [2.75, 3.05) is 31.1 Å². The van der Waals surface area contributed by atoms with Crippen molar-refractivity contribution in [3.8, 4) is 5.75 Å². The van der Waals surface area contributed by atoms with Crippen molar-refractivity contribution in [2.24, 2.45) is 0 Å². The standard InChI is InChI=1S/C18H16Cl2F3N3O2/c19-12-2-3-15(27)13(9-12)17(28)26-5-1-4-25(6-7-26)16-14(20)8-11(10-24-16)18(21,22)23/h2-3,8-10,27H,1,4-7H2. The molecule has 10 heteroatoms. The Kier molecular flexibility index (Phi) is 5.90. The molecule has 1 aliphatic rings. The third-order valence-corrected chi connectivity index (χ3v) is 4.93. The minimum atomic E-state index is -4.52. The van der Waals surface area contributed by atoms with E-state index in [0.717, 1.165) is 12.3 Å². The predicted molar refractivity (Wildman–Crippen MR) is 100 cm³/mol. The van der Waals surface area contributed by atoms with Gasteiger partial charge >= 0.3 is 6.18 Å². The van der Waals surface area contributed by atoms with Gasteiger partial charge in [0.25, 0.3) is 5.91 Å². The highest BCUT2D eigenvalue weighted by atomic mass is 35.5. The molecular formula is C18H16Cl2F3N3O2. The number of aromatic hydroxyl groups is 1. The molecule has 1 N–H and O–H groups in total. The fraction of sp³-hybridized carbons (Fsp3) is 0.333. The number of amides is 1. The largest absolute Gasteiger partial charge is 0.507 e. The number of carbonyl (C=O) groups is 1. The lowest BCUT2D eigenvalue weighted by atomic mass is 10.1. The summed E-state index contributed by atoms with van der Waals surface area (Å²) in [7, 11) is 0. The average molecular weight is 434 g/mol. The smallest absolute Gasteiger partial charge is 0.417 e. The third kappa shape index (κ3) is 4.44. The predicted octanol–water partition coefficient (Wildman–Crippen LogP) is 4.47. The lowest BCUT2D eigenvalue weighted by Crippen LogP contribution is -2.35. The molecule has 2 heterocycles. The highest BCUT2D eigenvalue weighted by Crippen LogP contribution is 2.34. The van der Waals surface area contributed by atoms with Crippen molar-refractivity contribution in [1.29, 1.82) is 0 Å². The molecule has 0 aliphatic carbocycles. The molecule has 0 atom stereocenters. The zero-order valence-electron chi connectivity index (χ0n) is 14.5. The van der Waals surface area contributed by atoms with E-state index >= 15 is 0 Å². The molecule has 0 spiro atoms. The molecule has 0 bridgehead atoms. The fourth-order valence-electron chi connectivity index (χ4n) is 3.00. The zero-order chi connectivity index (χ0) is 20.5. The van der Waals surface area contributed by atoms with Crippen molar-refractivity contribution >= 4 is 34.9 Å². The van der Waals surface area contributed by atoms with Crippen LogP contribution in [0.3, 0.4) is 0 Å². The first kappa shape index (κ1) is 20.5. The summed E-state index contributed by atoms with van der Waals surface area (Å²) in [5, 5.41) is 10.2. The van der Waals surface area contributed by atoms with Gasteiger partial charge < -0.3 is 14.9 Å². The second-order valence-corrected chi connectivity index (χ2v) is 7.17. The fourth-order valence-corrected chi connectivity index (χ4v) is 3.46. The van der Waals surface area contributed by atoms with Gasteiger partial charge in [-0.15, -0.1) is 0 Å². The first-order chi connectivity index (χ1) is 13.2. The lowest BCUT2D eigenvalue weighted by molar-refractivity contribution is -0.137. The molecule has 28 heavy (non-hydrogen) atoms. The molecule has 150 valence electrons. The van der Waals surface area contributed by atoms with Crippen LogP contribution < -0.4 is 4.90 Å². The van der Waals surface area contributed by atoms with Crippen LogP contribution >= 0.6 is 23.2 Å². The van der Waals surface area contributed by atoms with Crippen molar-refractivity contribution in [2.45, 2.75) is 12.6 Å². The molecule has 0 unspecified atom stereocenters. The molecule has 5 nitrogen and oxygen atoms in total. The number of alkyl halides is 3. The van der Waals surface area contributed by atoms with Gasteiger partial charge in [-0.25, -0.2) is 4.98 Å². The molecule has 0 saturated carbocycles. The monoisotopic (exact) mass is 433 g/mol. The van der Waals surface area contributed by atoms with E-state index in [1.807, 2.05) is 0 Å². The number of phenolic OH excluding ortho intramolecular Hbond substituents is 1. The first-order valence-corrected chi connectivity index (χ1v) is 9.18. The van der Waals surface area contributed by atoms with Gasteiger partial charge in [-0.05, 0) is 30.7 Å². The van der Waals surface area contributed by atoms with Crippen LogP contribution in [0, 0.1) is 0 Å². The number of halogens is 5. The Bertz CT molecular complexity index is 893. The van der Waals surface area contributed by atoms with Crippen LogP contribution in [0.4, 0.5) is 19.0 Å². The van der Waals surface area contributed by atoms with Gasteiger partial charge in [-0.2, -0.15) is 13.2 Å². The van der Waals surface area contributed by atoms with E-state index in [1.165, 1.54) is 18.2 Å². The van der Waals surface area contributed by atoms with E-state index in [4.69, 9.17) is 23.2 Å². The SMILES string of the molecule is O=C(c1cc(Cl)ccc1O)N1CCCN(c2ncc(C(F)(F)F)cc2Cl)CC1. The van der Waals surface area contributed by atoms with Crippen molar-refractivity contribution in [3.63, 3.8) is 0 Å². The van der Waals surface area contributed by atoms with Gasteiger partial charge in [-0.3, -0.25) is 4.79 Å². The molecular weight excluding hydrogens is 418 g/mol. The normalized spacial score (nSPS) is 15.5. The van der Waals surface area contributed by atoms with Crippen LogP contribution in [-0.4, -0.2) is 47.1 Å². The Hall–Kier alpha value is -2.19. The van der Waals surface area contributed by atoms with E-state index in [0.29, 0.717) is 37.6 Å².